The summed E-state index contributed by atoms with van der Waals surface area (Å²) in [5.41, 5.74) is 1.34. The van der Waals surface area contributed by atoms with Gasteiger partial charge in [-0.1, -0.05) is 0 Å². The van der Waals surface area contributed by atoms with E-state index in [1.807, 2.05) is 16.8 Å². The molecule has 0 unspecified atom stereocenters. The van der Waals surface area contributed by atoms with Gasteiger partial charge in [-0.25, -0.2) is 14.4 Å². The highest BCUT2D eigenvalue weighted by Gasteiger charge is 2.09. The van der Waals surface area contributed by atoms with Crippen molar-refractivity contribution in [1.82, 2.24) is 14.4 Å². The zero-order chi connectivity index (χ0) is 14.8. The number of ether oxygens (including phenoxy) is 1. The van der Waals surface area contributed by atoms with Gasteiger partial charge in [0.1, 0.15) is 5.82 Å². The van der Waals surface area contributed by atoms with E-state index in [0.29, 0.717) is 23.0 Å². The Morgan fingerprint density at radius 2 is 2.19 bits per heavy atom. The molecule has 2 N–H and O–H groups in total. The number of anilines is 3. The van der Waals surface area contributed by atoms with Crippen LogP contribution < -0.4 is 15.4 Å². The van der Waals surface area contributed by atoms with Crippen LogP contribution in [0.5, 0.6) is 5.75 Å². The number of imidazole rings is 1. The van der Waals surface area contributed by atoms with E-state index in [9.17, 15) is 4.39 Å². The van der Waals surface area contributed by atoms with Crippen LogP contribution in [-0.4, -0.2) is 28.5 Å². The minimum atomic E-state index is -0.411. The molecule has 0 aliphatic rings. The quantitative estimate of drug-likeness (QED) is 0.772. The number of benzene rings is 1. The van der Waals surface area contributed by atoms with Gasteiger partial charge in [0, 0.05) is 31.2 Å². The molecular weight excluding hydrogens is 273 g/mol. The average Bonchev–Trinajstić information content (AvgIpc) is 2.97. The van der Waals surface area contributed by atoms with Gasteiger partial charge in [-0.2, -0.15) is 0 Å². The summed E-state index contributed by atoms with van der Waals surface area (Å²) in [5.74, 6) is 1.02. The number of fused-ring (bicyclic) bond motifs is 1. The first-order valence-electron chi connectivity index (χ1n) is 6.33. The molecule has 0 atom stereocenters. The molecule has 108 valence electrons. The first-order chi connectivity index (χ1) is 10.2. The van der Waals surface area contributed by atoms with Crippen molar-refractivity contribution < 1.29 is 9.13 Å². The summed E-state index contributed by atoms with van der Waals surface area (Å²) in [6.45, 7) is 0. The van der Waals surface area contributed by atoms with Crippen molar-refractivity contribution in [2.45, 2.75) is 0 Å². The van der Waals surface area contributed by atoms with Crippen LogP contribution >= 0.6 is 0 Å². The van der Waals surface area contributed by atoms with Crippen LogP contribution in [0.25, 0.3) is 5.65 Å². The molecule has 0 bridgehead atoms. The number of hydrogen-bond donors (Lipinski definition) is 2. The molecular formula is C14H14FN5O. The van der Waals surface area contributed by atoms with E-state index < -0.39 is 5.82 Å². The van der Waals surface area contributed by atoms with E-state index in [-0.39, 0.29) is 5.75 Å². The van der Waals surface area contributed by atoms with Crippen molar-refractivity contribution in [1.29, 1.82) is 0 Å². The minimum absolute atomic E-state index is 0.170. The molecule has 0 fully saturated rings. The summed E-state index contributed by atoms with van der Waals surface area (Å²) in [6, 6.07) is 4.53. The first kappa shape index (κ1) is 13.2. The van der Waals surface area contributed by atoms with E-state index >= 15 is 0 Å². The molecule has 0 saturated carbocycles. The van der Waals surface area contributed by atoms with Gasteiger partial charge in [-0.15, -0.1) is 0 Å². The number of nitrogens with zero attached hydrogens (tertiary/aromatic N) is 3. The lowest BCUT2D eigenvalue weighted by Gasteiger charge is -2.10. The predicted molar refractivity (Wildman–Crippen MR) is 78.8 cm³/mol. The summed E-state index contributed by atoms with van der Waals surface area (Å²) in [7, 11) is 3.21. The fraction of sp³-hybridized carbons (Fsp3) is 0.143. The van der Waals surface area contributed by atoms with Gasteiger partial charge in [0.15, 0.2) is 23.0 Å². The van der Waals surface area contributed by atoms with Crippen molar-refractivity contribution in [2.75, 3.05) is 24.8 Å². The molecule has 0 spiro atoms. The molecule has 2 heterocycles. The number of halogens is 1. The highest BCUT2D eigenvalue weighted by molar-refractivity contribution is 5.72. The summed E-state index contributed by atoms with van der Waals surface area (Å²) < 4.78 is 20.3. The van der Waals surface area contributed by atoms with Gasteiger partial charge >= 0.3 is 0 Å². The van der Waals surface area contributed by atoms with Gasteiger partial charge in [-0.3, -0.25) is 0 Å². The maximum absolute atomic E-state index is 13.4. The number of methoxy groups -OCH3 is 1. The lowest BCUT2D eigenvalue weighted by Crippen LogP contribution is -2.02. The molecule has 0 aliphatic heterocycles. The molecule has 7 heteroatoms. The van der Waals surface area contributed by atoms with Gasteiger partial charge < -0.3 is 19.8 Å². The Labute approximate surface area is 120 Å². The number of hydrogen-bond acceptors (Lipinski definition) is 5. The molecule has 0 amide bonds. The second-order valence-electron chi connectivity index (χ2n) is 4.36. The van der Waals surface area contributed by atoms with E-state index in [4.69, 9.17) is 4.74 Å². The molecule has 0 saturated heterocycles. The molecule has 6 nitrogen and oxygen atoms in total. The van der Waals surface area contributed by atoms with Gasteiger partial charge in [0.05, 0.1) is 13.3 Å². The fourth-order valence-electron chi connectivity index (χ4n) is 2.01. The smallest absolute Gasteiger partial charge is 0.180 e. The summed E-state index contributed by atoms with van der Waals surface area (Å²) in [4.78, 5) is 8.68. The average molecular weight is 287 g/mol. The lowest BCUT2D eigenvalue weighted by molar-refractivity contribution is 0.387. The van der Waals surface area contributed by atoms with Crippen LogP contribution in [-0.2, 0) is 0 Å². The third-order valence-electron chi connectivity index (χ3n) is 3.04. The van der Waals surface area contributed by atoms with E-state index in [1.165, 1.54) is 13.2 Å². The van der Waals surface area contributed by atoms with Gasteiger partial charge in [-0.05, 0) is 12.1 Å². The second kappa shape index (κ2) is 5.28. The molecule has 2 aromatic heterocycles. The monoisotopic (exact) mass is 287 g/mol. The van der Waals surface area contributed by atoms with Crippen molar-refractivity contribution in [3.63, 3.8) is 0 Å². The van der Waals surface area contributed by atoms with Crippen LogP contribution in [0, 0.1) is 5.82 Å². The SMILES string of the molecule is CNc1cn2ccnc2c(Nc2ccc(F)c(OC)c2)n1. The van der Waals surface area contributed by atoms with Crippen molar-refractivity contribution in [3.05, 3.63) is 42.6 Å². The predicted octanol–water partition coefficient (Wildman–Crippen LogP) is 2.66. The topological polar surface area (TPSA) is 63.5 Å². The van der Waals surface area contributed by atoms with Crippen LogP contribution in [0.2, 0.25) is 0 Å². The number of aromatic nitrogens is 3. The summed E-state index contributed by atoms with van der Waals surface area (Å²) >= 11 is 0. The van der Waals surface area contributed by atoms with Gasteiger partial charge in [0.2, 0.25) is 0 Å². The molecule has 3 aromatic rings. The van der Waals surface area contributed by atoms with Crippen molar-refractivity contribution >= 4 is 23.0 Å². The Bertz CT molecular complexity index is 786. The molecule has 0 radical (unpaired) electrons. The third-order valence-corrected chi connectivity index (χ3v) is 3.04. The number of rotatable bonds is 4. The van der Waals surface area contributed by atoms with Crippen LogP contribution in [0.4, 0.5) is 21.7 Å². The zero-order valence-electron chi connectivity index (χ0n) is 11.6. The number of nitrogens with one attached hydrogen (secondary N) is 2. The van der Waals surface area contributed by atoms with Gasteiger partial charge in [0.25, 0.3) is 0 Å². The van der Waals surface area contributed by atoms with E-state index in [0.717, 1.165) is 0 Å². The first-order valence-corrected chi connectivity index (χ1v) is 6.33. The molecule has 3 rings (SSSR count). The highest BCUT2D eigenvalue weighted by atomic mass is 19.1. The molecule has 1 aromatic carbocycles. The maximum atomic E-state index is 13.4. The van der Waals surface area contributed by atoms with E-state index in [2.05, 4.69) is 20.6 Å². The van der Waals surface area contributed by atoms with Crippen LogP contribution in [0.3, 0.4) is 0 Å². The Morgan fingerprint density at radius 1 is 1.33 bits per heavy atom. The van der Waals surface area contributed by atoms with E-state index in [1.54, 1.807) is 25.4 Å². The Kier molecular flexibility index (Phi) is 3.31. The van der Waals surface area contributed by atoms with Crippen LogP contribution in [0.15, 0.2) is 36.8 Å². The second-order valence-corrected chi connectivity index (χ2v) is 4.36. The van der Waals surface area contributed by atoms with Crippen molar-refractivity contribution in [3.8, 4) is 5.75 Å². The Morgan fingerprint density at radius 3 is 2.95 bits per heavy atom. The fourth-order valence-corrected chi connectivity index (χ4v) is 2.01. The highest BCUT2D eigenvalue weighted by Crippen LogP contribution is 2.25. The zero-order valence-corrected chi connectivity index (χ0v) is 11.6. The molecule has 21 heavy (non-hydrogen) atoms. The third kappa shape index (κ3) is 2.45. The largest absolute Gasteiger partial charge is 0.494 e. The minimum Gasteiger partial charge on any atom is -0.494 e. The lowest BCUT2D eigenvalue weighted by atomic mass is 10.3. The maximum Gasteiger partial charge on any atom is 0.180 e. The molecule has 0 aliphatic carbocycles. The Balaban J connectivity index is 2.03. The summed E-state index contributed by atoms with van der Waals surface area (Å²) in [5, 5.41) is 6.11. The van der Waals surface area contributed by atoms with Crippen LogP contribution in [0.1, 0.15) is 0 Å². The Hall–Kier alpha value is -2.83. The normalized spacial score (nSPS) is 10.6. The standard InChI is InChI=1S/C14H14FN5O/c1-16-12-8-20-6-5-17-14(20)13(19-12)18-9-3-4-10(15)11(7-9)21-2/h3-8,16H,1-2H3,(H,18,19). The van der Waals surface area contributed by atoms with Crippen molar-refractivity contribution in [2.24, 2.45) is 0 Å². The summed E-state index contributed by atoms with van der Waals surface area (Å²) in [6.07, 6.45) is 5.35.